The molecule has 0 aromatic rings. The molecule has 0 aromatic carbocycles. The van der Waals surface area contributed by atoms with Gasteiger partial charge in [0.05, 0.1) is 18.1 Å². The van der Waals surface area contributed by atoms with Gasteiger partial charge in [0, 0.05) is 6.04 Å². The maximum Gasteiger partial charge on any atom is 0.234 e. The predicted molar refractivity (Wildman–Crippen MR) is 53.7 cm³/mol. The molecule has 0 aliphatic carbocycles. The van der Waals surface area contributed by atoms with Crippen LogP contribution in [0.4, 0.5) is 0 Å². The van der Waals surface area contributed by atoms with E-state index in [9.17, 15) is 13.2 Å². The molecule has 1 fully saturated rings. The number of hydrogen-bond donors (Lipinski definition) is 2. The van der Waals surface area contributed by atoms with Gasteiger partial charge in [0.15, 0.2) is 0 Å². The maximum atomic E-state index is 11.1. The largest absolute Gasteiger partial charge is 0.352 e. The van der Waals surface area contributed by atoms with Crippen molar-refractivity contribution in [3.8, 4) is 0 Å². The Morgan fingerprint density at radius 2 is 1.93 bits per heavy atom. The quantitative estimate of drug-likeness (QED) is 0.633. The maximum absolute atomic E-state index is 11.1. The summed E-state index contributed by atoms with van der Waals surface area (Å²) in [6, 6.07) is 0.0272. The molecule has 0 unspecified atom stereocenters. The molecular weight excluding hydrogens is 204 g/mol. The first-order chi connectivity index (χ1) is 6.53. The molecule has 0 aromatic heterocycles. The minimum Gasteiger partial charge on any atom is -0.352 e. The van der Waals surface area contributed by atoms with Crippen molar-refractivity contribution in [1.82, 2.24) is 10.6 Å². The van der Waals surface area contributed by atoms with E-state index >= 15 is 0 Å². The minimum atomic E-state index is -2.83. The summed E-state index contributed by atoms with van der Waals surface area (Å²) in [7, 11) is -1.13. The van der Waals surface area contributed by atoms with Crippen molar-refractivity contribution >= 4 is 15.7 Å². The topological polar surface area (TPSA) is 75.3 Å². The van der Waals surface area contributed by atoms with Gasteiger partial charge in [-0.1, -0.05) is 0 Å². The predicted octanol–water partition coefficient (Wildman–Crippen LogP) is -1.10. The molecule has 2 N–H and O–H groups in total. The van der Waals surface area contributed by atoms with Crippen molar-refractivity contribution in [2.75, 3.05) is 25.1 Å². The molecule has 5 nitrogen and oxygen atoms in total. The normalized spacial score (nSPS) is 21.8. The summed E-state index contributed by atoms with van der Waals surface area (Å²) in [6.07, 6.45) is 1.08. The summed E-state index contributed by atoms with van der Waals surface area (Å²) in [4.78, 5) is 11.1. The average molecular weight is 220 g/mol. The molecule has 1 aliphatic heterocycles. The molecule has 0 radical (unpaired) electrons. The Balaban J connectivity index is 2.32. The second kappa shape index (κ2) is 4.75. The van der Waals surface area contributed by atoms with E-state index in [2.05, 4.69) is 10.6 Å². The fourth-order valence-electron chi connectivity index (χ4n) is 1.47. The number of sulfone groups is 1. The number of amides is 1. The monoisotopic (exact) mass is 220 g/mol. The lowest BCUT2D eigenvalue weighted by Crippen LogP contribution is -2.43. The first-order valence-electron chi connectivity index (χ1n) is 4.68. The Bertz CT molecular complexity index is 286. The van der Waals surface area contributed by atoms with Crippen molar-refractivity contribution in [2.24, 2.45) is 0 Å². The van der Waals surface area contributed by atoms with Crippen molar-refractivity contribution in [2.45, 2.75) is 18.9 Å². The molecule has 1 amide bonds. The van der Waals surface area contributed by atoms with Gasteiger partial charge in [-0.05, 0) is 19.9 Å². The van der Waals surface area contributed by atoms with Gasteiger partial charge in [0.25, 0.3) is 0 Å². The van der Waals surface area contributed by atoms with Crippen LogP contribution in [-0.2, 0) is 14.6 Å². The summed E-state index contributed by atoms with van der Waals surface area (Å²) in [6.45, 7) is 0.281. The van der Waals surface area contributed by atoms with Crippen LogP contribution in [0.3, 0.4) is 0 Å². The van der Waals surface area contributed by atoms with Gasteiger partial charge >= 0.3 is 0 Å². The van der Waals surface area contributed by atoms with Crippen molar-refractivity contribution in [1.29, 1.82) is 0 Å². The number of hydrogen-bond acceptors (Lipinski definition) is 4. The molecule has 1 saturated heterocycles. The van der Waals surface area contributed by atoms with E-state index in [-0.39, 0.29) is 30.0 Å². The molecule has 0 atom stereocenters. The smallest absolute Gasteiger partial charge is 0.234 e. The lowest BCUT2D eigenvalue weighted by molar-refractivity contribution is -0.120. The lowest BCUT2D eigenvalue weighted by atomic mass is 10.1. The summed E-state index contributed by atoms with van der Waals surface area (Å²) in [5, 5.41) is 5.53. The molecule has 14 heavy (non-hydrogen) atoms. The highest BCUT2D eigenvalue weighted by Crippen LogP contribution is 2.11. The SMILES string of the molecule is CNCC(=O)NC1CCS(=O)(=O)CC1. The molecule has 1 aliphatic rings. The van der Waals surface area contributed by atoms with Crippen LogP contribution in [0.1, 0.15) is 12.8 Å². The van der Waals surface area contributed by atoms with Gasteiger partial charge < -0.3 is 10.6 Å². The van der Waals surface area contributed by atoms with Crippen molar-refractivity contribution < 1.29 is 13.2 Å². The summed E-state index contributed by atoms with van der Waals surface area (Å²) in [5.74, 6) is 0.312. The van der Waals surface area contributed by atoms with Crippen LogP contribution in [-0.4, -0.2) is 45.5 Å². The van der Waals surface area contributed by atoms with E-state index in [4.69, 9.17) is 0 Å². The van der Waals surface area contributed by atoms with Gasteiger partial charge in [-0.15, -0.1) is 0 Å². The zero-order valence-corrected chi connectivity index (χ0v) is 9.06. The highest BCUT2D eigenvalue weighted by Gasteiger charge is 2.24. The van der Waals surface area contributed by atoms with E-state index < -0.39 is 9.84 Å². The van der Waals surface area contributed by atoms with E-state index in [1.807, 2.05) is 0 Å². The van der Waals surface area contributed by atoms with E-state index in [1.165, 1.54) is 0 Å². The van der Waals surface area contributed by atoms with Crippen LogP contribution in [0.25, 0.3) is 0 Å². The van der Waals surface area contributed by atoms with Crippen LogP contribution >= 0.6 is 0 Å². The second-order valence-electron chi connectivity index (χ2n) is 3.52. The number of carbonyl (C=O) groups excluding carboxylic acids is 1. The third-order valence-electron chi connectivity index (χ3n) is 2.26. The molecule has 0 spiro atoms. The average Bonchev–Trinajstić information content (AvgIpc) is 2.09. The van der Waals surface area contributed by atoms with Gasteiger partial charge in [0.2, 0.25) is 5.91 Å². The molecule has 82 valence electrons. The first-order valence-corrected chi connectivity index (χ1v) is 6.50. The van der Waals surface area contributed by atoms with Gasteiger partial charge in [0.1, 0.15) is 9.84 Å². The van der Waals surface area contributed by atoms with Crippen LogP contribution in [0.5, 0.6) is 0 Å². The molecule has 1 heterocycles. The van der Waals surface area contributed by atoms with Crippen LogP contribution in [0, 0.1) is 0 Å². The van der Waals surface area contributed by atoms with E-state index in [0.29, 0.717) is 12.8 Å². The highest BCUT2D eigenvalue weighted by atomic mass is 32.2. The Hall–Kier alpha value is -0.620. The Kier molecular flexibility index (Phi) is 3.88. The third-order valence-corrected chi connectivity index (χ3v) is 3.97. The first kappa shape index (κ1) is 11.5. The minimum absolute atomic E-state index is 0.0272. The standard InChI is InChI=1S/C8H16N2O3S/c1-9-6-8(11)10-7-2-4-14(12,13)5-3-7/h7,9H,2-6H2,1H3,(H,10,11). The highest BCUT2D eigenvalue weighted by molar-refractivity contribution is 7.91. The lowest BCUT2D eigenvalue weighted by Gasteiger charge is -2.22. The number of rotatable bonds is 3. The fourth-order valence-corrected chi connectivity index (χ4v) is 2.97. The Labute approximate surface area is 84.2 Å². The van der Waals surface area contributed by atoms with Gasteiger partial charge in [-0.3, -0.25) is 4.79 Å². The Morgan fingerprint density at radius 3 is 2.43 bits per heavy atom. The van der Waals surface area contributed by atoms with Crippen LogP contribution < -0.4 is 10.6 Å². The summed E-state index contributed by atoms with van der Waals surface area (Å²) >= 11 is 0. The summed E-state index contributed by atoms with van der Waals surface area (Å²) < 4.78 is 22.2. The van der Waals surface area contributed by atoms with Gasteiger partial charge in [-0.25, -0.2) is 8.42 Å². The van der Waals surface area contributed by atoms with Crippen molar-refractivity contribution in [3.63, 3.8) is 0 Å². The van der Waals surface area contributed by atoms with E-state index in [1.54, 1.807) is 7.05 Å². The second-order valence-corrected chi connectivity index (χ2v) is 5.83. The Morgan fingerprint density at radius 1 is 1.36 bits per heavy atom. The number of carbonyl (C=O) groups is 1. The molecular formula is C8H16N2O3S. The summed E-state index contributed by atoms with van der Waals surface area (Å²) in [5.41, 5.74) is 0. The van der Waals surface area contributed by atoms with Crippen LogP contribution in [0.2, 0.25) is 0 Å². The van der Waals surface area contributed by atoms with Gasteiger partial charge in [-0.2, -0.15) is 0 Å². The zero-order valence-electron chi connectivity index (χ0n) is 8.25. The number of likely N-dealkylation sites (N-methyl/N-ethyl adjacent to an activating group) is 1. The number of nitrogens with one attached hydrogen (secondary N) is 2. The molecule has 6 heteroatoms. The zero-order chi connectivity index (χ0) is 10.6. The third kappa shape index (κ3) is 3.63. The molecule has 1 rings (SSSR count). The fraction of sp³-hybridized carbons (Fsp3) is 0.875. The van der Waals surface area contributed by atoms with E-state index in [0.717, 1.165) is 0 Å². The van der Waals surface area contributed by atoms with Crippen LogP contribution in [0.15, 0.2) is 0 Å². The molecule has 0 saturated carbocycles. The molecule has 0 bridgehead atoms. The van der Waals surface area contributed by atoms with Crippen molar-refractivity contribution in [3.05, 3.63) is 0 Å².